The van der Waals surface area contributed by atoms with Crippen molar-refractivity contribution in [3.63, 3.8) is 0 Å². The Balaban J connectivity index is 1.50. The van der Waals surface area contributed by atoms with Crippen molar-refractivity contribution in [3.05, 3.63) is 65.2 Å². The number of carbonyl (C=O) groups is 1. The lowest BCUT2D eigenvalue weighted by atomic mass is 9.96. The summed E-state index contributed by atoms with van der Waals surface area (Å²) in [5.74, 6) is -0.220. The van der Waals surface area contributed by atoms with Crippen molar-refractivity contribution >= 4 is 27.5 Å². The Kier molecular flexibility index (Phi) is 5.95. The van der Waals surface area contributed by atoms with Crippen LogP contribution in [0.4, 0.5) is 0 Å². The fraction of sp³-hybridized carbons (Fsp3) is 0.409. The topological polar surface area (TPSA) is 57.7 Å². The fourth-order valence-electron chi connectivity index (χ4n) is 4.40. The largest absolute Gasteiger partial charge is 0.335 e. The van der Waals surface area contributed by atoms with Gasteiger partial charge in [0.1, 0.15) is 0 Å². The highest BCUT2D eigenvalue weighted by molar-refractivity contribution is 7.89. The number of benzene rings is 2. The number of hydrogen-bond donors (Lipinski definition) is 0. The number of hydrogen-bond acceptors (Lipinski definition) is 3. The van der Waals surface area contributed by atoms with Crippen LogP contribution >= 0.6 is 11.6 Å². The molecule has 2 saturated heterocycles. The molecule has 0 aliphatic carbocycles. The van der Waals surface area contributed by atoms with E-state index in [4.69, 9.17) is 11.6 Å². The highest BCUT2D eigenvalue weighted by Crippen LogP contribution is 2.35. The summed E-state index contributed by atoms with van der Waals surface area (Å²) >= 11 is 5.89. The standard InChI is InChI=1S/C22H25ClN2O3S/c23-19-10-12-20(13-11-19)29(27,28)24-14-4-8-18(16-24)22(26)25-15-5-9-21(25)17-6-2-1-3-7-17/h1-3,6-7,10-13,18,21H,4-5,8-9,14-16H2/t18-,21-/m1/s1. The molecule has 2 aliphatic rings. The summed E-state index contributed by atoms with van der Waals surface area (Å²) in [6.07, 6.45) is 3.34. The van der Waals surface area contributed by atoms with E-state index in [2.05, 4.69) is 12.1 Å². The van der Waals surface area contributed by atoms with E-state index in [0.29, 0.717) is 18.0 Å². The van der Waals surface area contributed by atoms with Gasteiger partial charge in [0.15, 0.2) is 0 Å². The molecule has 0 aromatic heterocycles. The van der Waals surface area contributed by atoms with Gasteiger partial charge in [-0.25, -0.2) is 8.42 Å². The molecule has 154 valence electrons. The van der Waals surface area contributed by atoms with Crippen LogP contribution in [0.25, 0.3) is 0 Å². The summed E-state index contributed by atoms with van der Waals surface area (Å²) in [6, 6.07) is 16.4. The van der Waals surface area contributed by atoms with Gasteiger partial charge in [0.2, 0.25) is 15.9 Å². The van der Waals surface area contributed by atoms with E-state index in [1.807, 2.05) is 23.1 Å². The molecule has 7 heteroatoms. The first-order valence-corrected chi connectivity index (χ1v) is 11.9. The summed E-state index contributed by atoms with van der Waals surface area (Å²) in [6.45, 7) is 1.41. The molecule has 0 N–H and O–H groups in total. The average molecular weight is 433 g/mol. The molecule has 29 heavy (non-hydrogen) atoms. The number of carbonyl (C=O) groups excluding carboxylic acids is 1. The quantitative estimate of drug-likeness (QED) is 0.730. The highest BCUT2D eigenvalue weighted by Gasteiger charge is 2.38. The van der Waals surface area contributed by atoms with Gasteiger partial charge in [0.05, 0.1) is 16.9 Å². The molecule has 5 nitrogen and oxygen atoms in total. The zero-order chi connectivity index (χ0) is 20.4. The maximum Gasteiger partial charge on any atom is 0.243 e. The minimum atomic E-state index is -3.63. The first kappa shape index (κ1) is 20.4. The first-order valence-electron chi connectivity index (χ1n) is 10.1. The summed E-state index contributed by atoms with van der Waals surface area (Å²) in [5.41, 5.74) is 1.15. The molecule has 2 aliphatic heterocycles. The number of amides is 1. The third kappa shape index (κ3) is 4.20. The van der Waals surface area contributed by atoms with Gasteiger partial charge in [0, 0.05) is 24.7 Å². The Morgan fingerprint density at radius 3 is 2.34 bits per heavy atom. The molecule has 2 fully saturated rings. The number of likely N-dealkylation sites (tertiary alicyclic amines) is 1. The van der Waals surface area contributed by atoms with Crippen molar-refractivity contribution in [3.8, 4) is 0 Å². The number of rotatable bonds is 4. The van der Waals surface area contributed by atoms with Gasteiger partial charge in [-0.3, -0.25) is 4.79 Å². The number of piperidine rings is 1. The maximum absolute atomic E-state index is 13.3. The summed E-state index contributed by atoms with van der Waals surface area (Å²) in [7, 11) is -3.63. The fourth-order valence-corrected chi connectivity index (χ4v) is 6.05. The molecule has 0 unspecified atom stereocenters. The molecule has 0 saturated carbocycles. The van der Waals surface area contributed by atoms with Crippen LogP contribution in [-0.4, -0.2) is 43.2 Å². The van der Waals surface area contributed by atoms with Gasteiger partial charge in [-0.2, -0.15) is 4.31 Å². The van der Waals surface area contributed by atoms with E-state index < -0.39 is 10.0 Å². The van der Waals surface area contributed by atoms with E-state index in [-0.39, 0.29) is 29.3 Å². The van der Waals surface area contributed by atoms with E-state index in [9.17, 15) is 13.2 Å². The molecule has 0 spiro atoms. The van der Waals surface area contributed by atoms with Crippen LogP contribution in [0.2, 0.25) is 5.02 Å². The zero-order valence-electron chi connectivity index (χ0n) is 16.2. The van der Waals surface area contributed by atoms with Gasteiger partial charge >= 0.3 is 0 Å². The lowest BCUT2D eigenvalue weighted by Crippen LogP contribution is -2.46. The highest BCUT2D eigenvalue weighted by atomic mass is 35.5. The SMILES string of the molecule is O=C([C@@H]1CCCN(S(=O)(=O)c2ccc(Cl)cc2)C1)N1CCC[C@@H]1c1ccccc1. The van der Waals surface area contributed by atoms with Crippen LogP contribution < -0.4 is 0 Å². The van der Waals surface area contributed by atoms with Crippen molar-refractivity contribution in [1.29, 1.82) is 0 Å². The van der Waals surface area contributed by atoms with Crippen LogP contribution in [0.1, 0.15) is 37.3 Å². The van der Waals surface area contributed by atoms with E-state index >= 15 is 0 Å². The molecule has 1 amide bonds. The molecule has 2 aromatic rings. The van der Waals surface area contributed by atoms with Crippen LogP contribution in [0.5, 0.6) is 0 Å². The van der Waals surface area contributed by atoms with Gasteiger partial charge in [-0.05, 0) is 55.5 Å². The van der Waals surface area contributed by atoms with E-state index in [1.165, 1.54) is 16.4 Å². The van der Waals surface area contributed by atoms with Crippen molar-refractivity contribution in [2.75, 3.05) is 19.6 Å². The smallest absolute Gasteiger partial charge is 0.243 e. The van der Waals surface area contributed by atoms with Gasteiger partial charge in [-0.1, -0.05) is 41.9 Å². The Hall–Kier alpha value is -1.89. The minimum Gasteiger partial charge on any atom is -0.335 e. The Labute approximate surface area is 177 Å². The molecule has 2 atom stereocenters. The van der Waals surface area contributed by atoms with E-state index in [1.54, 1.807) is 12.1 Å². The second-order valence-electron chi connectivity index (χ2n) is 7.76. The predicted molar refractivity (Wildman–Crippen MR) is 113 cm³/mol. The van der Waals surface area contributed by atoms with Crippen molar-refractivity contribution in [2.45, 2.75) is 36.6 Å². The third-order valence-corrected chi connectivity index (χ3v) is 8.04. The summed E-state index contributed by atoms with van der Waals surface area (Å²) in [5, 5.41) is 0.497. The number of nitrogens with zero attached hydrogens (tertiary/aromatic N) is 2. The number of halogens is 1. The van der Waals surface area contributed by atoms with Crippen molar-refractivity contribution in [2.24, 2.45) is 5.92 Å². The maximum atomic E-state index is 13.3. The average Bonchev–Trinajstić information content (AvgIpc) is 3.24. The minimum absolute atomic E-state index is 0.0763. The zero-order valence-corrected chi connectivity index (χ0v) is 17.8. The van der Waals surface area contributed by atoms with Crippen LogP contribution in [-0.2, 0) is 14.8 Å². The molecular weight excluding hydrogens is 408 g/mol. The third-order valence-electron chi connectivity index (χ3n) is 5.91. The molecule has 2 heterocycles. The lowest BCUT2D eigenvalue weighted by molar-refractivity contribution is -0.137. The Bertz CT molecular complexity index is 963. The summed E-state index contributed by atoms with van der Waals surface area (Å²) in [4.78, 5) is 15.5. The second-order valence-corrected chi connectivity index (χ2v) is 10.1. The Morgan fingerprint density at radius 2 is 1.62 bits per heavy atom. The summed E-state index contributed by atoms with van der Waals surface area (Å²) < 4.78 is 27.5. The Morgan fingerprint density at radius 1 is 0.931 bits per heavy atom. The van der Waals surface area contributed by atoms with Crippen LogP contribution in [0.3, 0.4) is 0 Å². The lowest BCUT2D eigenvalue weighted by Gasteiger charge is -2.35. The number of sulfonamides is 1. The van der Waals surface area contributed by atoms with Gasteiger partial charge in [-0.15, -0.1) is 0 Å². The molecule has 0 radical (unpaired) electrons. The van der Waals surface area contributed by atoms with Gasteiger partial charge < -0.3 is 4.90 Å². The molecular formula is C22H25ClN2O3S. The second kappa shape index (κ2) is 8.46. The van der Waals surface area contributed by atoms with Gasteiger partial charge in [0.25, 0.3) is 0 Å². The van der Waals surface area contributed by atoms with E-state index in [0.717, 1.165) is 31.4 Å². The predicted octanol–water partition coefficient (Wildman–Crippen LogP) is 4.10. The first-order chi connectivity index (χ1) is 14.0. The van der Waals surface area contributed by atoms with Crippen molar-refractivity contribution < 1.29 is 13.2 Å². The normalized spacial score (nSPS) is 23.3. The molecule has 2 aromatic carbocycles. The monoisotopic (exact) mass is 432 g/mol. The molecule has 0 bridgehead atoms. The van der Waals surface area contributed by atoms with Crippen molar-refractivity contribution in [1.82, 2.24) is 9.21 Å². The molecule has 4 rings (SSSR count). The van der Waals surface area contributed by atoms with Crippen LogP contribution in [0.15, 0.2) is 59.5 Å². The van der Waals surface area contributed by atoms with Crippen LogP contribution in [0, 0.1) is 5.92 Å².